The number of nitrogens with zero attached hydrogens (tertiary/aromatic N) is 1. The second-order valence-electron chi connectivity index (χ2n) is 5.40. The van der Waals surface area contributed by atoms with E-state index in [0.717, 1.165) is 0 Å². The lowest BCUT2D eigenvalue weighted by Crippen LogP contribution is -2.37. The van der Waals surface area contributed by atoms with Gasteiger partial charge in [-0.3, -0.25) is 9.59 Å². The molecule has 5 heteroatoms. The van der Waals surface area contributed by atoms with Gasteiger partial charge >= 0.3 is 5.97 Å². The van der Waals surface area contributed by atoms with Crippen LogP contribution in [0.15, 0.2) is 12.1 Å². The van der Waals surface area contributed by atoms with Gasteiger partial charge in [0.05, 0.1) is 5.92 Å². The molecular weight excluding hydrogens is 261 g/mol. The Balaban J connectivity index is 2.27. The minimum Gasteiger partial charge on any atom is -0.481 e. The maximum atomic E-state index is 13.6. The van der Waals surface area contributed by atoms with E-state index < -0.39 is 11.9 Å². The lowest BCUT2D eigenvalue weighted by Gasteiger charge is -2.23. The fraction of sp³-hybridized carbons (Fsp3) is 0.467. The lowest BCUT2D eigenvalue weighted by molar-refractivity contribution is -0.142. The van der Waals surface area contributed by atoms with Gasteiger partial charge in [-0.05, 0) is 50.5 Å². The first-order valence-corrected chi connectivity index (χ1v) is 6.63. The number of aliphatic carboxylic acids is 1. The maximum absolute atomic E-state index is 13.6. The summed E-state index contributed by atoms with van der Waals surface area (Å²) in [5.41, 5.74) is 1.27. The van der Waals surface area contributed by atoms with Crippen molar-refractivity contribution in [2.75, 3.05) is 6.54 Å². The van der Waals surface area contributed by atoms with E-state index in [-0.39, 0.29) is 17.8 Å². The summed E-state index contributed by atoms with van der Waals surface area (Å²) >= 11 is 0. The number of hydrogen-bond donors (Lipinski definition) is 1. The van der Waals surface area contributed by atoms with Crippen molar-refractivity contribution in [3.05, 3.63) is 34.6 Å². The van der Waals surface area contributed by atoms with Gasteiger partial charge < -0.3 is 10.0 Å². The summed E-state index contributed by atoms with van der Waals surface area (Å²) in [5, 5.41) is 9.09. The summed E-state index contributed by atoms with van der Waals surface area (Å²) in [5.74, 6) is -1.94. The highest BCUT2D eigenvalue weighted by atomic mass is 19.1. The first-order valence-electron chi connectivity index (χ1n) is 6.63. The van der Waals surface area contributed by atoms with Crippen LogP contribution in [0.5, 0.6) is 0 Å². The molecule has 1 N–H and O–H groups in total. The molecule has 1 aliphatic rings. The van der Waals surface area contributed by atoms with Gasteiger partial charge in [0.25, 0.3) is 5.91 Å². The molecule has 2 atom stereocenters. The van der Waals surface area contributed by atoms with Crippen LogP contribution < -0.4 is 0 Å². The third-order valence-electron chi connectivity index (χ3n) is 4.02. The average Bonchev–Trinajstić information content (AvgIpc) is 2.76. The molecule has 0 saturated carbocycles. The van der Waals surface area contributed by atoms with Crippen LogP contribution in [-0.2, 0) is 4.79 Å². The van der Waals surface area contributed by atoms with E-state index in [2.05, 4.69) is 0 Å². The van der Waals surface area contributed by atoms with Crippen LogP contribution in [0.2, 0.25) is 0 Å². The maximum Gasteiger partial charge on any atom is 0.308 e. The van der Waals surface area contributed by atoms with Crippen molar-refractivity contribution in [1.29, 1.82) is 0 Å². The minimum absolute atomic E-state index is 0.229. The molecule has 1 aromatic rings. The summed E-state index contributed by atoms with van der Waals surface area (Å²) in [7, 11) is 0. The molecule has 2 unspecified atom stereocenters. The third kappa shape index (κ3) is 2.40. The average molecular weight is 279 g/mol. The SMILES string of the molecule is Cc1cc(C(=O)N2CCC(C(=O)O)C2C)cc(C)c1F. The van der Waals surface area contributed by atoms with Crippen LogP contribution >= 0.6 is 0 Å². The number of benzene rings is 1. The molecule has 20 heavy (non-hydrogen) atoms. The summed E-state index contributed by atoms with van der Waals surface area (Å²) in [6, 6.07) is 2.70. The zero-order valence-electron chi connectivity index (χ0n) is 11.8. The van der Waals surface area contributed by atoms with Crippen LogP contribution in [0.25, 0.3) is 0 Å². The molecular formula is C15H18FNO3. The number of hydrogen-bond acceptors (Lipinski definition) is 2. The van der Waals surface area contributed by atoms with E-state index >= 15 is 0 Å². The lowest BCUT2D eigenvalue weighted by atomic mass is 10.0. The summed E-state index contributed by atoms with van der Waals surface area (Å²) in [4.78, 5) is 25.1. The molecule has 1 saturated heterocycles. The Hall–Kier alpha value is -1.91. The molecule has 1 amide bonds. The van der Waals surface area contributed by atoms with Crippen LogP contribution in [0, 0.1) is 25.6 Å². The molecule has 1 heterocycles. The second-order valence-corrected chi connectivity index (χ2v) is 5.40. The highest BCUT2D eigenvalue weighted by Crippen LogP contribution is 2.27. The molecule has 0 bridgehead atoms. The first kappa shape index (κ1) is 14.5. The molecule has 1 aliphatic heterocycles. The van der Waals surface area contributed by atoms with E-state index in [4.69, 9.17) is 5.11 Å². The molecule has 0 aromatic heterocycles. The quantitative estimate of drug-likeness (QED) is 0.904. The number of carbonyl (C=O) groups is 2. The van der Waals surface area contributed by atoms with Gasteiger partial charge in [0, 0.05) is 18.2 Å². The Morgan fingerprint density at radius 1 is 1.30 bits per heavy atom. The fourth-order valence-corrected chi connectivity index (χ4v) is 2.79. The molecule has 2 rings (SSSR count). The van der Waals surface area contributed by atoms with Crippen LogP contribution in [0.4, 0.5) is 4.39 Å². The van der Waals surface area contributed by atoms with Crippen LogP contribution in [0.3, 0.4) is 0 Å². The highest BCUT2D eigenvalue weighted by Gasteiger charge is 2.38. The summed E-state index contributed by atoms with van der Waals surface area (Å²) < 4.78 is 13.6. The van der Waals surface area contributed by atoms with E-state index in [1.54, 1.807) is 25.7 Å². The molecule has 0 spiro atoms. The molecule has 1 fully saturated rings. The van der Waals surface area contributed by atoms with Crippen molar-refractivity contribution in [3.63, 3.8) is 0 Å². The van der Waals surface area contributed by atoms with Crippen molar-refractivity contribution in [2.24, 2.45) is 5.92 Å². The molecule has 0 radical (unpaired) electrons. The number of carboxylic acid groups (broad SMARTS) is 1. The smallest absolute Gasteiger partial charge is 0.308 e. The number of amides is 1. The monoisotopic (exact) mass is 279 g/mol. The number of rotatable bonds is 2. The van der Waals surface area contributed by atoms with Gasteiger partial charge in [-0.25, -0.2) is 4.39 Å². The fourth-order valence-electron chi connectivity index (χ4n) is 2.79. The molecule has 0 aliphatic carbocycles. The largest absolute Gasteiger partial charge is 0.481 e. The Labute approximate surface area is 117 Å². The number of aryl methyl sites for hydroxylation is 2. The van der Waals surface area contributed by atoms with Gasteiger partial charge in [0.15, 0.2) is 0 Å². The Kier molecular flexibility index (Phi) is 3.79. The molecule has 108 valence electrons. The number of carboxylic acids is 1. The minimum atomic E-state index is -0.876. The van der Waals surface area contributed by atoms with Crippen molar-refractivity contribution in [3.8, 4) is 0 Å². The highest BCUT2D eigenvalue weighted by molar-refractivity contribution is 5.95. The van der Waals surface area contributed by atoms with Gasteiger partial charge in [0.1, 0.15) is 5.82 Å². The van der Waals surface area contributed by atoms with E-state index in [9.17, 15) is 14.0 Å². The topological polar surface area (TPSA) is 57.6 Å². The number of carbonyl (C=O) groups excluding carboxylic acids is 1. The van der Waals surface area contributed by atoms with Crippen LogP contribution in [0.1, 0.15) is 34.8 Å². The molecule has 4 nitrogen and oxygen atoms in total. The summed E-state index contributed by atoms with van der Waals surface area (Å²) in [6.45, 7) is 5.40. The normalized spacial score (nSPS) is 22.1. The summed E-state index contributed by atoms with van der Waals surface area (Å²) in [6.07, 6.45) is 0.460. The van der Waals surface area contributed by atoms with Crippen molar-refractivity contribution in [2.45, 2.75) is 33.2 Å². The van der Waals surface area contributed by atoms with E-state index in [1.807, 2.05) is 0 Å². The van der Waals surface area contributed by atoms with Gasteiger partial charge in [-0.2, -0.15) is 0 Å². The van der Waals surface area contributed by atoms with Gasteiger partial charge in [0.2, 0.25) is 0 Å². The number of likely N-dealkylation sites (tertiary alicyclic amines) is 1. The van der Waals surface area contributed by atoms with Crippen molar-refractivity contribution < 1.29 is 19.1 Å². The van der Waals surface area contributed by atoms with Gasteiger partial charge in [-0.15, -0.1) is 0 Å². The predicted molar refractivity (Wildman–Crippen MR) is 72.1 cm³/mol. The van der Waals surface area contributed by atoms with Crippen molar-refractivity contribution >= 4 is 11.9 Å². The van der Waals surface area contributed by atoms with E-state index in [0.29, 0.717) is 29.7 Å². The Morgan fingerprint density at radius 3 is 2.30 bits per heavy atom. The Bertz CT molecular complexity index is 547. The van der Waals surface area contributed by atoms with Crippen molar-refractivity contribution in [1.82, 2.24) is 4.90 Å². The zero-order valence-corrected chi connectivity index (χ0v) is 11.8. The van der Waals surface area contributed by atoms with Crippen LogP contribution in [-0.4, -0.2) is 34.5 Å². The van der Waals surface area contributed by atoms with Gasteiger partial charge in [-0.1, -0.05) is 0 Å². The Morgan fingerprint density at radius 2 is 1.85 bits per heavy atom. The first-order chi connectivity index (χ1) is 9.32. The third-order valence-corrected chi connectivity index (χ3v) is 4.02. The predicted octanol–water partition coefficient (Wildman–Crippen LogP) is 2.38. The van der Waals surface area contributed by atoms with E-state index in [1.165, 1.54) is 12.1 Å². The standard InChI is InChI=1S/C15H18FNO3/c1-8-6-11(7-9(2)13(8)16)14(18)17-5-4-12(10(17)3)15(19)20/h6-7,10,12H,4-5H2,1-3H3,(H,19,20). The number of halogens is 1. The molecule has 1 aromatic carbocycles. The second kappa shape index (κ2) is 5.23. The zero-order chi connectivity index (χ0) is 15.0.